The van der Waals surface area contributed by atoms with Crippen LogP contribution in [0.3, 0.4) is 0 Å². The number of ether oxygens (including phenoxy) is 2. The van der Waals surface area contributed by atoms with Crippen LogP contribution in [0.5, 0.6) is 11.5 Å². The van der Waals surface area contributed by atoms with E-state index in [0.29, 0.717) is 28.8 Å². The zero-order valence-electron chi connectivity index (χ0n) is 13.2. The number of hydrogen-bond donors (Lipinski definition) is 0. The molecule has 0 radical (unpaired) electrons. The molecule has 0 bridgehead atoms. The van der Waals surface area contributed by atoms with Crippen LogP contribution in [0.1, 0.15) is 17.3 Å². The molecule has 0 saturated heterocycles. The summed E-state index contributed by atoms with van der Waals surface area (Å²) in [5.41, 5.74) is 0.547. The van der Waals surface area contributed by atoms with Crippen molar-refractivity contribution in [2.75, 3.05) is 14.2 Å². The quantitative estimate of drug-likeness (QED) is 0.416. The Kier molecular flexibility index (Phi) is 5.75. The molecular formula is C15H18N4O3S. The molecule has 23 heavy (non-hydrogen) atoms. The van der Waals surface area contributed by atoms with E-state index >= 15 is 0 Å². The summed E-state index contributed by atoms with van der Waals surface area (Å²) in [7, 11) is 3.09. The first-order valence-corrected chi connectivity index (χ1v) is 7.78. The zero-order chi connectivity index (χ0) is 16.8. The Balaban J connectivity index is 2.16. The van der Waals surface area contributed by atoms with Crippen LogP contribution >= 0.6 is 11.8 Å². The summed E-state index contributed by atoms with van der Waals surface area (Å²) in [5, 5.41) is 11.6. The molecule has 8 heteroatoms. The molecule has 2 rings (SSSR count). The van der Waals surface area contributed by atoms with Crippen LogP contribution in [0.15, 0.2) is 36.0 Å². The number of aromatic nitrogens is 4. The van der Waals surface area contributed by atoms with E-state index in [9.17, 15) is 4.79 Å². The largest absolute Gasteiger partial charge is 0.493 e. The van der Waals surface area contributed by atoms with Crippen molar-refractivity contribution in [2.45, 2.75) is 23.9 Å². The fourth-order valence-electron chi connectivity index (χ4n) is 1.95. The summed E-state index contributed by atoms with van der Waals surface area (Å²) in [6.45, 7) is 5.96. The molecule has 7 nitrogen and oxygen atoms in total. The van der Waals surface area contributed by atoms with Gasteiger partial charge in [0.05, 0.1) is 26.0 Å². The molecule has 1 aromatic carbocycles. The van der Waals surface area contributed by atoms with Crippen LogP contribution < -0.4 is 9.47 Å². The number of methoxy groups -OCH3 is 2. The molecule has 122 valence electrons. The molecule has 0 N–H and O–H groups in total. The molecule has 1 aromatic heterocycles. The molecule has 2 aromatic rings. The van der Waals surface area contributed by atoms with E-state index in [1.807, 2.05) is 6.92 Å². The van der Waals surface area contributed by atoms with Crippen LogP contribution in [0.25, 0.3) is 0 Å². The standard InChI is InChI=1S/C15H18N4O3S/c1-5-8-19-15(16-17-18-19)23-10(2)14(20)11-6-7-12(21-3)13(9-11)22-4/h5-7,9-10H,1,8H2,2-4H3. The van der Waals surface area contributed by atoms with Crippen LogP contribution in [-0.2, 0) is 6.54 Å². The minimum Gasteiger partial charge on any atom is -0.493 e. The number of allylic oxidation sites excluding steroid dienone is 1. The van der Waals surface area contributed by atoms with Crippen molar-refractivity contribution in [3.63, 3.8) is 0 Å². The minimum absolute atomic E-state index is 0.0379. The average molecular weight is 334 g/mol. The second kappa shape index (κ2) is 7.77. The first kappa shape index (κ1) is 17.0. The number of benzene rings is 1. The Morgan fingerprint density at radius 1 is 1.39 bits per heavy atom. The van der Waals surface area contributed by atoms with Crippen molar-refractivity contribution in [1.29, 1.82) is 0 Å². The summed E-state index contributed by atoms with van der Waals surface area (Å²) in [6.07, 6.45) is 1.70. The highest BCUT2D eigenvalue weighted by molar-refractivity contribution is 8.00. The molecule has 1 unspecified atom stereocenters. The highest BCUT2D eigenvalue weighted by atomic mass is 32.2. The van der Waals surface area contributed by atoms with Gasteiger partial charge in [0.2, 0.25) is 5.16 Å². The van der Waals surface area contributed by atoms with Crippen molar-refractivity contribution < 1.29 is 14.3 Å². The van der Waals surface area contributed by atoms with E-state index in [4.69, 9.17) is 9.47 Å². The fraction of sp³-hybridized carbons (Fsp3) is 0.333. The number of ketones is 1. The minimum atomic E-state index is -0.345. The van der Waals surface area contributed by atoms with Crippen molar-refractivity contribution in [1.82, 2.24) is 20.2 Å². The molecular weight excluding hydrogens is 316 g/mol. The van der Waals surface area contributed by atoms with Gasteiger partial charge in [-0.05, 0) is 35.5 Å². The van der Waals surface area contributed by atoms with Gasteiger partial charge in [-0.25, -0.2) is 4.68 Å². The highest BCUT2D eigenvalue weighted by Gasteiger charge is 2.21. The zero-order valence-corrected chi connectivity index (χ0v) is 14.0. The molecule has 0 spiro atoms. The highest BCUT2D eigenvalue weighted by Crippen LogP contribution is 2.30. The smallest absolute Gasteiger partial charge is 0.210 e. The number of thioether (sulfide) groups is 1. The third-order valence-corrected chi connectivity index (χ3v) is 4.19. The second-order valence-electron chi connectivity index (χ2n) is 4.63. The van der Waals surface area contributed by atoms with E-state index in [1.165, 1.54) is 18.9 Å². The maximum Gasteiger partial charge on any atom is 0.210 e. The first-order valence-electron chi connectivity index (χ1n) is 6.90. The maximum absolute atomic E-state index is 12.6. The van der Waals surface area contributed by atoms with Crippen LogP contribution in [0.4, 0.5) is 0 Å². The summed E-state index contributed by atoms with van der Waals surface area (Å²) in [6, 6.07) is 5.10. The molecule has 0 aliphatic heterocycles. The number of rotatable bonds is 8. The molecule has 0 aliphatic rings. The molecule has 0 fully saturated rings. The van der Waals surface area contributed by atoms with Crippen LogP contribution in [0.2, 0.25) is 0 Å². The van der Waals surface area contributed by atoms with Gasteiger partial charge < -0.3 is 9.47 Å². The van der Waals surface area contributed by atoms with E-state index in [-0.39, 0.29) is 11.0 Å². The topological polar surface area (TPSA) is 79.1 Å². The van der Waals surface area contributed by atoms with Gasteiger partial charge in [-0.2, -0.15) is 0 Å². The molecule has 0 aliphatic carbocycles. The maximum atomic E-state index is 12.6. The van der Waals surface area contributed by atoms with Crippen molar-refractivity contribution in [3.05, 3.63) is 36.4 Å². The van der Waals surface area contributed by atoms with Gasteiger partial charge in [-0.15, -0.1) is 11.7 Å². The number of Topliss-reactive ketones (excluding diaryl/α,β-unsaturated/α-hetero) is 1. The molecule has 1 heterocycles. The van der Waals surface area contributed by atoms with Crippen LogP contribution in [0, 0.1) is 0 Å². The Hall–Kier alpha value is -2.35. The average Bonchev–Trinajstić information content (AvgIpc) is 3.00. The lowest BCUT2D eigenvalue weighted by molar-refractivity contribution is 0.0993. The number of tetrazole rings is 1. The van der Waals surface area contributed by atoms with E-state index < -0.39 is 0 Å². The number of nitrogens with zero attached hydrogens (tertiary/aromatic N) is 4. The van der Waals surface area contributed by atoms with Gasteiger partial charge >= 0.3 is 0 Å². The fourth-order valence-corrected chi connectivity index (χ4v) is 2.83. The van der Waals surface area contributed by atoms with Gasteiger partial charge in [0.25, 0.3) is 0 Å². The third-order valence-electron chi connectivity index (χ3n) is 3.12. The first-order chi connectivity index (χ1) is 11.1. The Morgan fingerprint density at radius 2 is 2.13 bits per heavy atom. The van der Waals surface area contributed by atoms with Crippen LogP contribution in [-0.4, -0.2) is 45.5 Å². The van der Waals surface area contributed by atoms with Crippen molar-refractivity contribution in [3.8, 4) is 11.5 Å². The Labute approximate surface area is 138 Å². The van der Waals surface area contributed by atoms with Gasteiger partial charge in [0.15, 0.2) is 17.3 Å². The number of carbonyl (C=O) groups excluding carboxylic acids is 1. The molecule has 0 saturated carbocycles. The van der Waals surface area contributed by atoms with Gasteiger partial charge in [0.1, 0.15) is 0 Å². The summed E-state index contributed by atoms with van der Waals surface area (Å²) < 4.78 is 12.0. The number of hydrogen-bond acceptors (Lipinski definition) is 7. The lowest BCUT2D eigenvalue weighted by atomic mass is 10.1. The van der Waals surface area contributed by atoms with Crippen molar-refractivity contribution >= 4 is 17.5 Å². The van der Waals surface area contributed by atoms with E-state index in [0.717, 1.165) is 0 Å². The third kappa shape index (κ3) is 3.89. The lowest BCUT2D eigenvalue weighted by Gasteiger charge is -2.12. The predicted octanol–water partition coefficient (Wildman–Crippen LogP) is 2.24. The SMILES string of the molecule is C=CCn1nnnc1SC(C)C(=O)c1ccc(OC)c(OC)c1. The van der Waals surface area contributed by atoms with Gasteiger partial charge in [-0.1, -0.05) is 17.8 Å². The lowest BCUT2D eigenvalue weighted by Crippen LogP contribution is -2.15. The summed E-state index contributed by atoms with van der Waals surface area (Å²) in [5.74, 6) is 1.07. The second-order valence-corrected chi connectivity index (χ2v) is 5.93. The Morgan fingerprint density at radius 3 is 2.78 bits per heavy atom. The molecule has 1 atom stereocenters. The monoisotopic (exact) mass is 334 g/mol. The van der Waals surface area contributed by atoms with E-state index in [2.05, 4.69) is 22.1 Å². The summed E-state index contributed by atoms with van der Waals surface area (Å²) >= 11 is 1.30. The normalized spacial score (nSPS) is 11.8. The van der Waals surface area contributed by atoms with Gasteiger partial charge in [0, 0.05) is 5.56 Å². The van der Waals surface area contributed by atoms with Crippen molar-refractivity contribution in [2.24, 2.45) is 0 Å². The van der Waals surface area contributed by atoms with E-state index in [1.54, 1.807) is 36.1 Å². The summed E-state index contributed by atoms with van der Waals surface area (Å²) in [4.78, 5) is 12.6. The predicted molar refractivity (Wildman–Crippen MR) is 87.2 cm³/mol. The Bertz CT molecular complexity index is 702. The molecule has 0 amide bonds. The number of carbonyl (C=O) groups is 1. The van der Waals surface area contributed by atoms with Gasteiger partial charge in [-0.3, -0.25) is 4.79 Å².